The predicted octanol–water partition coefficient (Wildman–Crippen LogP) is 2.47. The van der Waals surface area contributed by atoms with E-state index in [1.807, 2.05) is 0 Å². The number of nitrogens with one attached hydrogen (secondary N) is 3. The van der Waals surface area contributed by atoms with Crippen LogP contribution in [0.5, 0.6) is 5.75 Å². The lowest BCUT2D eigenvalue weighted by Crippen LogP contribution is -2.39. The van der Waals surface area contributed by atoms with Crippen molar-refractivity contribution < 1.29 is 14.3 Å². The van der Waals surface area contributed by atoms with Gasteiger partial charge in [0.15, 0.2) is 6.61 Å². The van der Waals surface area contributed by atoms with Crippen molar-refractivity contribution in [2.75, 3.05) is 17.2 Å². The summed E-state index contributed by atoms with van der Waals surface area (Å²) in [4.78, 5) is 23.3. The van der Waals surface area contributed by atoms with Crippen molar-refractivity contribution in [3.05, 3.63) is 18.2 Å². The fourth-order valence-electron chi connectivity index (χ4n) is 2.76. The van der Waals surface area contributed by atoms with E-state index in [4.69, 9.17) is 4.74 Å². The zero-order valence-electron chi connectivity index (χ0n) is 11.8. The molecule has 6 heteroatoms. The lowest BCUT2D eigenvalue weighted by Gasteiger charge is -2.23. The summed E-state index contributed by atoms with van der Waals surface area (Å²) in [6, 6.07) is 5.26. The van der Waals surface area contributed by atoms with Crippen LogP contribution in [0.25, 0.3) is 0 Å². The quantitative estimate of drug-likeness (QED) is 0.782. The smallest absolute Gasteiger partial charge is 0.319 e. The van der Waals surface area contributed by atoms with Crippen LogP contribution in [0.4, 0.5) is 16.2 Å². The fraction of sp³-hybridized carbons (Fsp3) is 0.467. The van der Waals surface area contributed by atoms with Crippen molar-refractivity contribution >= 4 is 23.3 Å². The van der Waals surface area contributed by atoms with Crippen LogP contribution < -0.4 is 20.7 Å². The maximum absolute atomic E-state index is 12.0. The molecule has 6 nitrogen and oxygen atoms in total. The summed E-state index contributed by atoms with van der Waals surface area (Å²) in [6.07, 6.45) is 5.69. The van der Waals surface area contributed by atoms with E-state index in [9.17, 15) is 9.59 Å². The van der Waals surface area contributed by atoms with Gasteiger partial charge in [0.05, 0.1) is 5.69 Å². The number of ether oxygens (including phenoxy) is 1. The minimum absolute atomic E-state index is 0.0297. The summed E-state index contributed by atoms with van der Waals surface area (Å²) in [5, 5.41) is 8.50. The highest BCUT2D eigenvalue weighted by atomic mass is 16.5. The van der Waals surface area contributed by atoms with Crippen molar-refractivity contribution in [1.82, 2.24) is 5.32 Å². The molecule has 1 aromatic carbocycles. The highest BCUT2D eigenvalue weighted by Gasteiger charge is 2.18. The third-order valence-corrected chi connectivity index (χ3v) is 3.81. The van der Waals surface area contributed by atoms with Gasteiger partial charge in [-0.3, -0.25) is 4.79 Å². The van der Waals surface area contributed by atoms with Gasteiger partial charge in [0.2, 0.25) is 0 Å². The van der Waals surface area contributed by atoms with Gasteiger partial charge in [-0.1, -0.05) is 19.3 Å². The number of benzene rings is 1. The van der Waals surface area contributed by atoms with Crippen molar-refractivity contribution in [3.63, 3.8) is 0 Å². The van der Waals surface area contributed by atoms with E-state index in [0.29, 0.717) is 17.1 Å². The molecule has 1 aliphatic heterocycles. The van der Waals surface area contributed by atoms with Gasteiger partial charge in [0.1, 0.15) is 5.75 Å². The van der Waals surface area contributed by atoms with E-state index < -0.39 is 0 Å². The molecular formula is C15H19N3O3. The Morgan fingerprint density at radius 1 is 1.24 bits per heavy atom. The molecule has 3 rings (SSSR count). The first kappa shape index (κ1) is 13.7. The lowest BCUT2D eigenvalue weighted by molar-refractivity contribution is -0.118. The lowest BCUT2D eigenvalue weighted by atomic mass is 9.96. The van der Waals surface area contributed by atoms with Gasteiger partial charge in [0, 0.05) is 11.7 Å². The van der Waals surface area contributed by atoms with E-state index in [0.717, 1.165) is 12.8 Å². The first-order valence-electron chi connectivity index (χ1n) is 7.35. The molecule has 0 bridgehead atoms. The van der Waals surface area contributed by atoms with Crippen LogP contribution >= 0.6 is 0 Å². The number of carbonyl (C=O) groups excluding carboxylic acids is 2. The molecule has 3 amide bonds. The number of rotatable bonds is 2. The SMILES string of the molecule is O=C1COc2ccc(NC(=O)NC3CCCCC3)cc2N1. The highest BCUT2D eigenvalue weighted by Crippen LogP contribution is 2.30. The molecule has 1 saturated carbocycles. The molecular weight excluding hydrogens is 270 g/mol. The van der Waals surface area contributed by atoms with Crippen molar-refractivity contribution in [3.8, 4) is 5.75 Å². The number of hydrogen-bond acceptors (Lipinski definition) is 3. The Morgan fingerprint density at radius 2 is 2.05 bits per heavy atom. The number of carbonyl (C=O) groups is 2. The Labute approximate surface area is 123 Å². The average Bonchev–Trinajstić information content (AvgIpc) is 2.47. The van der Waals surface area contributed by atoms with Gasteiger partial charge < -0.3 is 20.7 Å². The number of anilines is 2. The van der Waals surface area contributed by atoms with Crippen molar-refractivity contribution in [1.29, 1.82) is 0 Å². The van der Waals surface area contributed by atoms with Crippen LogP contribution in [-0.4, -0.2) is 24.6 Å². The molecule has 3 N–H and O–H groups in total. The molecule has 1 fully saturated rings. The maximum Gasteiger partial charge on any atom is 0.319 e. The molecule has 21 heavy (non-hydrogen) atoms. The first-order valence-corrected chi connectivity index (χ1v) is 7.35. The number of fused-ring (bicyclic) bond motifs is 1. The van der Waals surface area contributed by atoms with Crippen LogP contribution in [0.2, 0.25) is 0 Å². The Morgan fingerprint density at radius 3 is 2.86 bits per heavy atom. The van der Waals surface area contributed by atoms with Gasteiger partial charge >= 0.3 is 6.03 Å². The molecule has 112 valence electrons. The largest absolute Gasteiger partial charge is 0.482 e. The monoisotopic (exact) mass is 289 g/mol. The normalized spacial score (nSPS) is 18.2. The molecule has 0 atom stereocenters. The van der Waals surface area contributed by atoms with E-state index >= 15 is 0 Å². The molecule has 0 aromatic heterocycles. The third-order valence-electron chi connectivity index (χ3n) is 3.81. The highest BCUT2D eigenvalue weighted by molar-refractivity contribution is 5.97. The average molecular weight is 289 g/mol. The molecule has 0 spiro atoms. The second-order valence-electron chi connectivity index (χ2n) is 5.48. The fourth-order valence-corrected chi connectivity index (χ4v) is 2.76. The molecule has 0 unspecified atom stereocenters. The van der Waals surface area contributed by atoms with Crippen LogP contribution in [-0.2, 0) is 4.79 Å². The standard InChI is InChI=1S/C15H19N3O3/c19-14-9-21-13-7-6-11(8-12(13)18-14)17-15(20)16-10-4-2-1-3-5-10/h6-8,10H,1-5,9H2,(H,18,19)(H2,16,17,20). The van der Waals surface area contributed by atoms with Crippen LogP contribution in [0.3, 0.4) is 0 Å². The minimum Gasteiger partial charge on any atom is -0.482 e. The second kappa shape index (κ2) is 6.03. The number of amides is 3. The zero-order valence-corrected chi connectivity index (χ0v) is 11.8. The predicted molar refractivity (Wildman–Crippen MR) is 79.6 cm³/mol. The Hall–Kier alpha value is -2.24. The van der Waals surface area contributed by atoms with Gasteiger partial charge in [-0.05, 0) is 31.0 Å². The molecule has 0 saturated heterocycles. The first-order chi connectivity index (χ1) is 10.2. The summed E-state index contributed by atoms with van der Waals surface area (Å²) in [5.74, 6) is 0.430. The van der Waals surface area contributed by atoms with E-state index in [1.165, 1.54) is 19.3 Å². The van der Waals surface area contributed by atoms with Crippen LogP contribution in [0, 0.1) is 0 Å². The van der Waals surface area contributed by atoms with E-state index in [2.05, 4.69) is 16.0 Å². The zero-order chi connectivity index (χ0) is 14.7. The minimum atomic E-state index is -0.204. The summed E-state index contributed by atoms with van der Waals surface area (Å²) in [5.41, 5.74) is 1.22. The molecule has 0 radical (unpaired) electrons. The Balaban J connectivity index is 1.60. The molecule has 1 aliphatic carbocycles. The Bertz CT molecular complexity index is 553. The number of urea groups is 1. The van der Waals surface area contributed by atoms with Crippen molar-refractivity contribution in [2.45, 2.75) is 38.1 Å². The molecule has 2 aliphatic rings. The van der Waals surface area contributed by atoms with Gasteiger partial charge in [-0.2, -0.15) is 0 Å². The maximum atomic E-state index is 12.0. The van der Waals surface area contributed by atoms with Crippen molar-refractivity contribution in [2.24, 2.45) is 0 Å². The summed E-state index contributed by atoms with van der Waals surface area (Å²) < 4.78 is 5.28. The molecule has 1 heterocycles. The second-order valence-corrected chi connectivity index (χ2v) is 5.48. The summed E-state index contributed by atoms with van der Waals surface area (Å²) in [6.45, 7) is 0.0297. The van der Waals surface area contributed by atoms with Gasteiger partial charge in [-0.25, -0.2) is 4.79 Å². The van der Waals surface area contributed by atoms with Crippen LogP contribution in [0.1, 0.15) is 32.1 Å². The van der Waals surface area contributed by atoms with Crippen LogP contribution in [0.15, 0.2) is 18.2 Å². The number of hydrogen-bond donors (Lipinski definition) is 3. The Kier molecular flexibility index (Phi) is 3.94. The van der Waals surface area contributed by atoms with Gasteiger partial charge in [0.25, 0.3) is 5.91 Å². The summed E-state index contributed by atoms with van der Waals surface area (Å²) in [7, 11) is 0. The van der Waals surface area contributed by atoms with E-state index in [1.54, 1.807) is 18.2 Å². The topological polar surface area (TPSA) is 79.5 Å². The van der Waals surface area contributed by atoms with Gasteiger partial charge in [-0.15, -0.1) is 0 Å². The third kappa shape index (κ3) is 3.45. The van der Waals surface area contributed by atoms with E-state index in [-0.39, 0.29) is 24.6 Å². The summed E-state index contributed by atoms with van der Waals surface area (Å²) >= 11 is 0. The molecule has 1 aromatic rings.